The van der Waals surface area contributed by atoms with Crippen LogP contribution in [0, 0.1) is 5.92 Å². The summed E-state index contributed by atoms with van der Waals surface area (Å²) in [7, 11) is 0. The van der Waals surface area contributed by atoms with Crippen LogP contribution in [-0.2, 0) is 18.0 Å². The SMILES string of the molecule is CCC1C(N)CC1c1ccc2c(c1)COC2. The minimum absolute atomic E-state index is 0.416. The average Bonchev–Trinajstić information content (AvgIpc) is 2.73. The third-order valence-corrected chi connectivity index (χ3v) is 4.24. The minimum Gasteiger partial charge on any atom is -0.372 e. The molecule has 3 atom stereocenters. The van der Waals surface area contributed by atoms with Crippen LogP contribution < -0.4 is 5.73 Å². The molecule has 0 amide bonds. The first kappa shape index (κ1) is 10.3. The summed E-state index contributed by atoms with van der Waals surface area (Å²) in [6, 6.07) is 7.25. The molecule has 2 heteroatoms. The molecule has 0 saturated heterocycles. The summed E-state index contributed by atoms with van der Waals surface area (Å²) >= 11 is 0. The molecule has 3 unspecified atom stereocenters. The second kappa shape index (κ2) is 3.86. The highest BCUT2D eigenvalue weighted by Crippen LogP contribution is 2.44. The molecule has 1 aliphatic carbocycles. The Kier molecular flexibility index (Phi) is 2.49. The molecule has 2 aliphatic rings. The smallest absolute Gasteiger partial charge is 0.0725 e. The Bertz CT molecular complexity index is 402. The van der Waals surface area contributed by atoms with E-state index >= 15 is 0 Å². The fraction of sp³-hybridized carbons (Fsp3) is 0.571. The van der Waals surface area contributed by atoms with E-state index in [1.165, 1.54) is 23.1 Å². The van der Waals surface area contributed by atoms with Crippen molar-refractivity contribution in [3.63, 3.8) is 0 Å². The van der Waals surface area contributed by atoms with E-state index in [9.17, 15) is 0 Å². The van der Waals surface area contributed by atoms with Crippen LogP contribution in [-0.4, -0.2) is 6.04 Å². The minimum atomic E-state index is 0.416. The van der Waals surface area contributed by atoms with E-state index in [1.807, 2.05) is 0 Å². The molecular formula is C14H19NO. The van der Waals surface area contributed by atoms with Crippen molar-refractivity contribution in [2.75, 3.05) is 0 Å². The molecule has 0 spiro atoms. The second-order valence-electron chi connectivity index (χ2n) is 5.10. The molecule has 1 aromatic rings. The van der Waals surface area contributed by atoms with Crippen LogP contribution in [0.4, 0.5) is 0 Å². The van der Waals surface area contributed by atoms with Crippen LogP contribution >= 0.6 is 0 Å². The zero-order chi connectivity index (χ0) is 11.1. The Balaban J connectivity index is 1.85. The van der Waals surface area contributed by atoms with Crippen molar-refractivity contribution in [1.29, 1.82) is 0 Å². The predicted octanol–water partition coefficient (Wildman–Crippen LogP) is 2.56. The molecule has 1 fully saturated rings. The van der Waals surface area contributed by atoms with Gasteiger partial charge in [0.15, 0.2) is 0 Å². The number of hydrogen-bond acceptors (Lipinski definition) is 2. The van der Waals surface area contributed by atoms with Crippen molar-refractivity contribution < 1.29 is 4.74 Å². The van der Waals surface area contributed by atoms with E-state index in [0.29, 0.717) is 17.9 Å². The fourth-order valence-electron chi connectivity index (χ4n) is 3.14. The first-order chi connectivity index (χ1) is 7.79. The maximum Gasteiger partial charge on any atom is 0.0725 e. The standard InChI is InChI=1S/C14H19NO/c1-2-12-13(6-14(12)15)9-3-4-10-7-16-8-11(10)5-9/h3-5,12-14H,2,6-8,15H2,1H3. The van der Waals surface area contributed by atoms with Crippen molar-refractivity contribution in [3.05, 3.63) is 34.9 Å². The largest absolute Gasteiger partial charge is 0.372 e. The predicted molar refractivity (Wildman–Crippen MR) is 64.0 cm³/mol. The summed E-state index contributed by atoms with van der Waals surface area (Å²) in [4.78, 5) is 0. The Morgan fingerprint density at radius 2 is 2.12 bits per heavy atom. The van der Waals surface area contributed by atoms with Gasteiger partial charge in [0.1, 0.15) is 0 Å². The Morgan fingerprint density at radius 1 is 1.31 bits per heavy atom. The van der Waals surface area contributed by atoms with E-state index in [1.54, 1.807) is 0 Å². The molecule has 0 radical (unpaired) electrons. The van der Waals surface area contributed by atoms with Gasteiger partial charge in [0.2, 0.25) is 0 Å². The highest BCUT2D eigenvalue weighted by Gasteiger charge is 2.38. The highest BCUT2D eigenvalue weighted by molar-refractivity contribution is 5.36. The van der Waals surface area contributed by atoms with Gasteiger partial charge in [-0.25, -0.2) is 0 Å². The summed E-state index contributed by atoms with van der Waals surface area (Å²) in [5.41, 5.74) is 10.3. The van der Waals surface area contributed by atoms with Crippen molar-refractivity contribution >= 4 is 0 Å². The molecule has 2 nitrogen and oxygen atoms in total. The zero-order valence-corrected chi connectivity index (χ0v) is 9.78. The van der Waals surface area contributed by atoms with Crippen molar-refractivity contribution in [3.8, 4) is 0 Å². The number of nitrogens with two attached hydrogens (primary N) is 1. The van der Waals surface area contributed by atoms with Crippen LogP contribution in [0.1, 0.15) is 42.4 Å². The van der Waals surface area contributed by atoms with E-state index in [-0.39, 0.29) is 0 Å². The molecule has 86 valence electrons. The maximum atomic E-state index is 6.05. The second-order valence-corrected chi connectivity index (χ2v) is 5.10. The first-order valence-electron chi connectivity index (χ1n) is 6.24. The third-order valence-electron chi connectivity index (χ3n) is 4.24. The third kappa shape index (κ3) is 1.48. The lowest BCUT2D eigenvalue weighted by Gasteiger charge is -2.43. The summed E-state index contributed by atoms with van der Waals surface area (Å²) in [5, 5.41) is 0. The molecule has 3 rings (SSSR count). The molecule has 1 aromatic carbocycles. The molecular weight excluding hydrogens is 198 g/mol. The number of fused-ring (bicyclic) bond motifs is 1. The summed E-state index contributed by atoms with van der Waals surface area (Å²) < 4.78 is 5.45. The van der Waals surface area contributed by atoms with Gasteiger partial charge in [-0.15, -0.1) is 0 Å². The van der Waals surface area contributed by atoms with Crippen LogP contribution in [0.15, 0.2) is 18.2 Å². The molecule has 1 heterocycles. The zero-order valence-electron chi connectivity index (χ0n) is 9.78. The van der Waals surface area contributed by atoms with E-state index in [0.717, 1.165) is 19.6 Å². The topological polar surface area (TPSA) is 35.2 Å². The van der Waals surface area contributed by atoms with Gasteiger partial charge in [-0.2, -0.15) is 0 Å². The number of hydrogen-bond donors (Lipinski definition) is 1. The maximum absolute atomic E-state index is 6.05. The summed E-state index contributed by atoms with van der Waals surface area (Å²) in [6.07, 6.45) is 2.34. The van der Waals surface area contributed by atoms with E-state index in [2.05, 4.69) is 25.1 Å². The lowest BCUT2D eigenvalue weighted by atomic mass is 9.65. The number of rotatable bonds is 2. The molecule has 16 heavy (non-hydrogen) atoms. The summed E-state index contributed by atoms with van der Waals surface area (Å²) in [6.45, 7) is 3.82. The van der Waals surface area contributed by atoms with Crippen LogP contribution in [0.5, 0.6) is 0 Å². The van der Waals surface area contributed by atoms with Gasteiger partial charge in [-0.05, 0) is 34.9 Å². The molecule has 0 aromatic heterocycles. The quantitative estimate of drug-likeness (QED) is 0.826. The Labute approximate surface area is 96.8 Å². The van der Waals surface area contributed by atoms with Gasteiger partial charge in [-0.3, -0.25) is 0 Å². The van der Waals surface area contributed by atoms with Gasteiger partial charge in [0.25, 0.3) is 0 Å². The van der Waals surface area contributed by atoms with Gasteiger partial charge in [0.05, 0.1) is 13.2 Å². The first-order valence-corrected chi connectivity index (χ1v) is 6.24. The Morgan fingerprint density at radius 3 is 2.88 bits per heavy atom. The average molecular weight is 217 g/mol. The van der Waals surface area contributed by atoms with Gasteiger partial charge in [0, 0.05) is 6.04 Å². The van der Waals surface area contributed by atoms with Crippen molar-refractivity contribution in [2.45, 2.75) is 44.9 Å². The number of benzene rings is 1. The molecule has 0 bridgehead atoms. The molecule has 2 N–H and O–H groups in total. The Hall–Kier alpha value is -0.860. The normalized spacial score (nSPS) is 32.2. The van der Waals surface area contributed by atoms with Gasteiger partial charge >= 0.3 is 0 Å². The van der Waals surface area contributed by atoms with Gasteiger partial charge < -0.3 is 10.5 Å². The molecule has 1 aliphatic heterocycles. The van der Waals surface area contributed by atoms with Crippen LogP contribution in [0.25, 0.3) is 0 Å². The van der Waals surface area contributed by atoms with Crippen molar-refractivity contribution in [2.24, 2.45) is 11.7 Å². The lowest BCUT2D eigenvalue weighted by molar-refractivity contribution is 0.134. The van der Waals surface area contributed by atoms with Gasteiger partial charge in [-0.1, -0.05) is 31.5 Å². The van der Waals surface area contributed by atoms with Crippen molar-refractivity contribution in [1.82, 2.24) is 0 Å². The molecule has 1 saturated carbocycles. The summed E-state index contributed by atoms with van der Waals surface area (Å²) in [5.74, 6) is 1.37. The fourth-order valence-corrected chi connectivity index (χ4v) is 3.14. The monoisotopic (exact) mass is 217 g/mol. The van der Waals surface area contributed by atoms with Crippen LogP contribution in [0.3, 0.4) is 0 Å². The highest BCUT2D eigenvalue weighted by atomic mass is 16.5. The van der Waals surface area contributed by atoms with Crippen LogP contribution in [0.2, 0.25) is 0 Å². The van der Waals surface area contributed by atoms with E-state index < -0.39 is 0 Å². The lowest BCUT2D eigenvalue weighted by Crippen LogP contribution is -2.45. The number of ether oxygens (including phenoxy) is 1. The van der Waals surface area contributed by atoms with E-state index in [4.69, 9.17) is 10.5 Å².